The number of methoxy groups -OCH3 is 1. The highest BCUT2D eigenvalue weighted by atomic mass is 35.5. The number of carbonyl (C=O) groups is 1. The van der Waals surface area contributed by atoms with E-state index in [1.807, 2.05) is 19.2 Å². The molecule has 1 atom stereocenters. The molecule has 0 saturated carbocycles. The largest absolute Gasteiger partial charge is 0.496 e. The number of thiophene rings is 1. The van der Waals surface area contributed by atoms with Crippen molar-refractivity contribution in [1.82, 2.24) is 20.2 Å². The Kier molecular flexibility index (Phi) is 10.4. The number of amides is 1. The molecule has 4 heterocycles. The first kappa shape index (κ1) is 37.4. The molecule has 0 fully saturated rings. The van der Waals surface area contributed by atoms with Gasteiger partial charge in [-0.3, -0.25) is 9.78 Å². The fourth-order valence-corrected chi connectivity index (χ4v) is 9.07. The predicted molar refractivity (Wildman–Crippen MR) is 209 cm³/mol. The molecular formula is C41H41ClF2N6O3S. The molecule has 2 aromatic carbocycles. The highest BCUT2D eigenvalue weighted by Gasteiger charge is 2.39. The summed E-state index contributed by atoms with van der Waals surface area (Å²) in [5.41, 5.74) is 13.3. The van der Waals surface area contributed by atoms with Crippen molar-refractivity contribution in [3.8, 4) is 27.6 Å². The fourth-order valence-electron chi connectivity index (χ4n) is 7.66. The van der Waals surface area contributed by atoms with Crippen molar-refractivity contribution < 1.29 is 22.7 Å². The van der Waals surface area contributed by atoms with Crippen molar-refractivity contribution in [2.75, 3.05) is 19.5 Å². The van der Waals surface area contributed by atoms with Crippen LogP contribution in [0.15, 0.2) is 59.1 Å². The van der Waals surface area contributed by atoms with Crippen LogP contribution in [0.1, 0.15) is 76.1 Å². The normalized spacial score (nSPS) is 15.5. The molecule has 2 aliphatic carbocycles. The van der Waals surface area contributed by atoms with E-state index < -0.39 is 11.8 Å². The highest BCUT2D eigenvalue weighted by Crippen LogP contribution is 2.46. The van der Waals surface area contributed by atoms with Gasteiger partial charge in [-0.15, -0.1) is 21.5 Å². The van der Waals surface area contributed by atoms with Gasteiger partial charge in [0.2, 0.25) is 11.8 Å². The maximum Gasteiger partial charge on any atom is 0.256 e. The number of hydrogen-bond donors (Lipinski definition) is 2. The topological polar surface area (TPSA) is 129 Å². The summed E-state index contributed by atoms with van der Waals surface area (Å²) in [7, 11) is 3.35. The van der Waals surface area contributed by atoms with E-state index in [9.17, 15) is 13.6 Å². The Morgan fingerprint density at radius 3 is 2.63 bits per heavy atom. The molecule has 0 radical (unpaired) electrons. The Balaban J connectivity index is 0.000000291. The van der Waals surface area contributed by atoms with Crippen LogP contribution in [0.2, 0.25) is 5.02 Å². The van der Waals surface area contributed by atoms with Gasteiger partial charge in [0.05, 0.1) is 34.3 Å². The molecular weight excluding hydrogens is 730 g/mol. The lowest BCUT2D eigenvalue weighted by atomic mass is 9.88. The van der Waals surface area contributed by atoms with Crippen LogP contribution in [-0.4, -0.2) is 46.2 Å². The number of ether oxygens (including phenoxy) is 1. The molecule has 1 unspecified atom stereocenters. The van der Waals surface area contributed by atoms with Crippen molar-refractivity contribution >= 4 is 44.7 Å². The maximum absolute atomic E-state index is 13.3. The Labute approximate surface area is 321 Å². The molecule has 2 aliphatic rings. The molecule has 1 amide bonds. The van der Waals surface area contributed by atoms with Gasteiger partial charge in [0, 0.05) is 54.0 Å². The second kappa shape index (κ2) is 15.1. The number of primary amides is 1. The zero-order valence-corrected chi connectivity index (χ0v) is 32.3. The monoisotopic (exact) mass is 770 g/mol. The second-order valence-electron chi connectivity index (χ2n) is 14.2. The van der Waals surface area contributed by atoms with E-state index in [0.717, 1.165) is 44.3 Å². The number of hydrogen-bond acceptors (Lipinski definition) is 9. The van der Waals surface area contributed by atoms with Crippen LogP contribution in [-0.2, 0) is 32.1 Å². The van der Waals surface area contributed by atoms with E-state index in [1.54, 1.807) is 42.7 Å². The Morgan fingerprint density at radius 1 is 1.11 bits per heavy atom. The van der Waals surface area contributed by atoms with Crippen LogP contribution in [0.3, 0.4) is 0 Å². The van der Waals surface area contributed by atoms with Gasteiger partial charge in [0.1, 0.15) is 11.6 Å². The number of anilines is 1. The van der Waals surface area contributed by atoms with E-state index in [0.29, 0.717) is 63.9 Å². The van der Waals surface area contributed by atoms with Crippen LogP contribution < -0.4 is 15.8 Å². The Morgan fingerprint density at radius 2 is 1.93 bits per heavy atom. The molecule has 3 N–H and O–H groups in total. The van der Waals surface area contributed by atoms with Crippen molar-refractivity contribution in [3.05, 3.63) is 105 Å². The number of aryl methyl sites for hydroxylation is 2. The zero-order chi connectivity index (χ0) is 38.3. The highest BCUT2D eigenvalue weighted by molar-refractivity contribution is 7.23. The number of rotatable bonds is 9. The predicted octanol–water partition coefficient (Wildman–Crippen LogP) is 9.41. The van der Waals surface area contributed by atoms with Gasteiger partial charge in [-0.05, 0) is 89.9 Å². The van der Waals surface area contributed by atoms with Crippen molar-refractivity contribution in [1.29, 1.82) is 0 Å². The first-order chi connectivity index (χ1) is 25.8. The van der Waals surface area contributed by atoms with E-state index >= 15 is 0 Å². The number of halogens is 3. The van der Waals surface area contributed by atoms with Gasteiger partial charge >= 0.3 is 0 Å². The van der Waals surface area contributed by atoms with Gasteiger partial charge in [0.25, 0.3) is 11.8 Å². The molecule has 9 nitrogen and oxygen atoms in total. The number of nitrogens with zero attached hydrogens (tertiary/aromatic N) is 4. The smallest absolute Gasteiger partial charge is 0.256 e. The van der Waals surface area contributed by atoms with E-state index in [2.05, 4.69) is 52.5 Å². The van der Waals surface area contributed by atoms with Crippen LogP contribution in [0.25, 0.3) is 32.0 Å². The quantitative estimate of drug-likeness (QED) is 0.149. The average molecular weight is 771 g/mol. The maximum atomic E-state index is 13.3. The lowest BCUT2D eigenvalue weighted by Crippen LogP contribution is -2.20. The van der Waals surface area contributed by atoms with E-state index in [1.165, 1.54) is 18.2 Å². The number of aromatic nitrogens is 4. The minimum absolute atomic E-state index is 0.153. The van der Waals surface area contributed by atoms with Gasteiger partial charge < -0.3 is 20.2 Å². The van der Waals surface area contributed by atoms with E-state index in [4.69, 9.17) is 31.5 Å². The molecule has 4 aromatic heterocycles. The third-order valence-electron chi connectivity index (χ3n) is 9.93. The van der Waals surface area contributed by atoms with Gasteiger partial charge in [-0.1, -0.05) is 43.6 Å². The summed E-state index contributed by atoms with van der Waals surface area (Å²) in [5, 5.41) is 13.5. The first-order valence-corrected chi connectivity index (χ1v) is 19.1. The van der Waals surface area contributed by atoms with Crippen molar-refractivity contribution in [3.63, 3.8) is 0 Å². The van der Waals surface area contributed by atoms with Crippen LogP contribution in [0.4, 0.5) is 14.6 Å². The molecule has 8 rings (SSSR count). The lowest BCUT2D eigenvalue weighted by molar-refractivity contribution is 0.0127. The summed E-state index contributed by atoms with van der Waals surface area (Å²) in [5.74, 6) is -0.509. The SMILES string of the molecule is CNc1nccc2cc(-c3c(C(N)=O)c(CC(C)C)nc(CC4CCc5cc(Cl)ccc54)c3-c3nnc(C)o3)sc12.COc1cccc2c1CC(F)(F)C2. The summed E-state index contributed by atoms with van der Waals surface area (Å²) < 4.78 is 38.0. The fraction of sp³-hybridized carbons (Fsp3) is 0.341. The summed E-state index contributed by atoms with van der Waals surface area (Å²) in [6.07, 6.45) is 4.62. The van der Waals surface area contributed by atoms with Crippen molar-refractivity contribution in [2.24, 2.45) is 11.7 Å². The summed E-state index contributed by atoms with van der Waals surface area (Å²) in [6.45, 7) is 5.98. The summed E-state index contributed by atoms with van der Waals surface area (Å²) in [6, 6.07) is 15.4. The Bertz CT molecular complexity index is 2380. The van der Waals surface area contributed by atoms with E-state index in [-0.39, 0.29) is 24.7 Å². The lowest BCUT2D eigenvalue weighted by Gasteiger charge is -2.21. The number of nitrogens with two attached hydrogens (primary N) is 1. The number of fused-ring (bicyclic) bond motifs is 3. The van der Waals surface area contributed by atoms with Crippen molar-refractivity contribution in [2.45, 2.75) is 71.1 Å². The number of nitrogens with one attached hydrogen (secondary N) is 1. The summed E-state index contributed by atoms with van der Waals surface area (Å²) >= 11 is 7.86. The average Bonchev–Trinajstić information content (AvgIpc) is 3.91. The molecule has 13 heteroatoms. The molecule has 6 aromatic rings. The molecule has 0 aliphatic heterocycles. The second-order valence-corrected chi connectivity index (χ2v) is 15.7. The standard InChI is InChI=1S/C31H31ClN6O2S.C10H10F2O/c1-15(2)11-22-25(29(33)39)27(24-14-19-9-10-35-30(34-4)28(19)41-24)26(31-38-37-16(3)40-31)23(36-22)13-18-6-5-17-12-20(32)7-8-21(17)18;1-13-9-4-2-3-7-5-10(11,12)6-8(7)9/h7-10,12,14-15,18H,5-6,11,13H2,1-4H3,(H2,33,39)(H,34,35);2-4H,5-6H2,1H3. The van der Waals surface area contributed by atoms with Crippen LogP contribution >= 0.6 is 22.9 Å². The third-order valence-corrected chi connectivity index (χ3v) is 11.3. The van der Waals surface area contributed by atoms with Gasteiger partial charge in [0.15, 0.2) is 0 Å². The molecule has 0 saturated heterocycles. The van der Waals surface area contributed by atoms with Crippen LogP contribution in [0, 0.1) is 12.8 Å². The Hall–Kier alpha value is -4.94. The molecule has 280 valence electrons. The number of pyridine rings is 2. The first-order valence-electron chi connectivity index (χ1n) is 17.9. The number of carbonyl (C=O) groups excluding carboxylic acids is 1. The zero-order valence-electron chi connectivity index (χ0n) is 30.7. The number of alkyl halides is 2. The molecule has 0 bridgehead atoms. The molecule has 54 heavy (non-hydrogen) atoms. The number of benzene rings is 2. The minimum Gasteiger partial charge on any atom is -0.496 e. The minimum atomic E-state index is -2.59. The third kappa shape index (κ3) is 7.41. The molecule has 0 spiro atoms. The van der Waals surface area contributed by atoms with Gasteiger partial charge in [-0.25, -0.2) is 13.8 Å². The van der Waals surface area contributed by atoms with Gasteiger partial charge in [-0.2, -0.15) is 0 Å². The van der Waals surface area contributed by atoms with Crippen LogP contribution in [0.5, 0.6) is 5.75 Å². The summed E-state index contributed by atoms with van der Waals surface area (Å²) in [4.78, 5) is 23.8.